The summed E-state index contributed by atoms with van der Waals surface area (Å²) in [6.07, 6.45) is 1.97. The van der Waals surface area contributed by atoms with Gasteiger partial charge < -0.3 is 10.2 Å². The molecule has 2 atom stereocenters. The standard InChI is InChI=1S/C15H21BrN2O/c1-3-8-17-14-7-9-18(15(14)19)11(2)12-5-4-6-13(16)10-12/h4-6,10-11,14,17H,3,7-9H2,1-2H3. The van der Waals surface area contributed by atoms with Gasteiger partial charge in [-0.05, 0) is 44.0 Å². The quantitative estimate of drug-likeness (QED) is 0.902. The predicted octanol–water partition coefficient (Wildman–Crippen LogP) is 3.11. The molecule has 19 heavy (non-hydrogen) atoms. The van der Waals surface area contributed by atoms with E-state index < -0.39 is 0 Å². The molecule has 2 unspecified atom stereocenters. The predicted molar refractivity (Wildman–Crippen MR) is 81.0 cm³/mol. The summed E-state index contributed by atoms with van der Waals surface area (Å²) in [6.45, 7) is 5.97. The zero-order valence-corrected chi connectivity index (χ0v) is 13.1. The third-order valence-electron chi connectivity index (χ3n) is 3.68. The number of benzene rings is 1. The molecule has 2 rings (SSSR count). The lowest BCUT2D eigenvalue weighted by atomic mass is 10.1. The van der Waals surface area contributed by atoms with Crippen molar-refractivity contribution in [2.75, 3.05) is 13.1 Å². The molecule has 0 spiro atoms. The van der Waals surface area contributed by atoms with Crippen LogP contribution < -0.4 is 5.32 Å². The molecule has 1 fully saturated rings. The van der Waals surface area contributed by atoms with E-state index in [9.17, 15) is 4.79 Å². The topological polar surface area (TPSA) is 32.3 Å². The van der Waals surface area contributed by atoms with Gasteiger partial charge in [-0.1, -0.05) is 35.0 Å². The molecular weight excluding hydrogens is 304 g/mol. The van der Waals surface area contributed by atoms with Gasteiger partial charge in [0, 0.05) is 11.0 Å². The molecule has 0 aromatic heterocycles. The summed E-state index contributed by atoms with van der Waals surface area (Å²) < 4.78 is 1.06. The van der Waals surface area contributed by atoms with Gasteiger partial charge in [0.25, 0.3) is 0 Å². The average Bonchev–Trinajstić information content (AvgIpc) is 2.77. The van der Waals surface area contributed by atoms with Crippen molar-refractivity contribution in [1.29, 1.82) is 0 Å². The number of carbonyl (C=O) groups is 1. The normalized spacial score (nSPS) is 20.9. The van der Waals surface area contributed by atoms with Crippen molar-refractivity contribution in [3.63, 3.8) is 0 Å². The van der Waals surface area contributed by atoms with Crippen LogP contribution in [0.1, 0.15) is 38.3 Å². The second-order valence-electron chi connectivity index (χ2n) is 5.06. The average molecular weight is 325 g/mol. The van der Waals surface area contributed by atoms with Gasteiger partial charge in [0.05, 0.1) is 12.1 Å². The number of rotatable bonds is 5. The molecule has 0 radical (unpaired) electrons. The van der Waals surface area contributed by atoms with Gasteiger partial charge in [0.15, 0.2) is 0 Å². The zero-order valence-electron chi connectivity index (χ0n) is 11.5. The van der Waals surface area contributed by atoms with Gasteiger partial charge >= 0.3 is 0 Å². The van der Waals surface area contributed by atoms with Crippen LogP contribution in [0.25, 0.3) is 0 Å². The van der Waals surface area contributed by atoms with E-state index in [2.05, 4.69) is 47.2 Å². The van der Waals surface area contributed by atoms with Gasteiger partial charge in [0.2, 0.25) is 5.91 Å². The molecular formula is C15H21BrN2O. The highest BCUT2D eigenvalue weighted by atomic mass is 79.9. The van der Waals surface area contributed by atoms with E-state index >= 15 is 0 Å². The van der Waals surface area contributed by atoms with Gasteiger partial charge in [-0.3, -0.25) is 4.79 Å². The van der Waals surface area contributed by atoms with Gasteiger partial charge in [-0.15, -0.1) is 0 Å². The Morgan fingerprint density at radius 3 is 3.00 bits per heavy atom. The van der Waals surface area contributed by atoms with Crippen molar-refractivity contribution in [3.05, 3.63) is 34.3 Å². The highest BCUT2D eigenvalue weighted by Crippen LogP contribution is 2.27. The molecule has 0 bridgehead atoms. The monoisotopic (exact) mass is 324 g/mol. The molecule has 0 aliphatic carbocycles. The SMILES string of the molecule is CCCNC1CCN(C(C)c2cccc(Br)c2)C1=O. The van der Waals surface area contributed by atoms with Crippen LogP contribution in [0.4, 0.5) is 0 Å². The van der Waals surface area contributed by atoms with Crippen LogP contribution in [0.5, 0.6) is 0 Å². The Balaban J connectivity index is 2.04. The zero-order chi connectivity index (χ0) is 13.8. The third-order valence-corrected chi connectivity index (χ3v) is 4.17. The smallest absolute Gasteiger partial charge is 0.240 e. The van der Waals surface area contributed by atoms with Crippen molar-refractivity contribution in [1.82, 2.24) is 10.2 Å². The first kappa shape index (κ1) is 14.5. The Morgan fingerprint density at radius 2 is 2.32 bits per heavy atom. The number of carbonyl (C=O) groups excluding carboxylic acids is 1. The molecule has 104 valence electrons. The van der Waals surface area contributed by atoms with E-state index in [0.717, 1.165) is 30.4 Å². The summed E-state index contributed by atoms with van der Waals surface area (Å²) in [4.78, 5) is 14.3. The maximum absolute atomic E-state index is 12.4. The van der Waals surface area contributed by atoms with Crippen molar-refractivity contribution < 1.29 is 4.79 Å². The minimum Gasteiger partial charge on any atom is -0.335 e. The first-order valence-electron chi connectivity index (χ1n) is 6.92. The Hall–Kier alpha value is -0.870. The van der Waals surface area contributed by atoms with Crippen LogP contribution >= 0.6 is 15.9 Å². The minimum atomic E-state index is 0.00885. The van der Waals surface area contributed by atoms with E-state index in [1.165, 1.54) is 5.56 Å². The van der Waals surface area contributed by atoms with Crippen LogP contribution in [0.2, 0.25) is 0 Å². The first-order valence-corrected chi connectivity index (χ1v) is 7.72. The van der Waals surface area contributed by atoms with Crippen molar-refractivity contribution in [3.8, 4) is 0 Å². The fraction of sp³-hybridized carbons (Fsp3) is 0.533. The number of likely N-dealkylation sites (tertiary alicyclic amines) is 1. The number of amides is 1. The molecule has 1 heterocycles. The highest BCUT2D eigenvalue weighted by Gasteiger charge is 2.34. The fourth-order valence-corrected chi connectivity index (χ4v) is 2.96. The maximum atomic E-state index is 12.4. The Kier molecular flexibility index (Phi) is 4.99. The van der Waals surface area contributed by atoms with Crippen molar-refractivity contribution >= 4 is 21.8 Å². The largest absolute Gasteiger partial charge is 0.335 e. The number of hydrogen-bond acceptors (Lipinski definition) is 2. The first-order chi connectivity index (χ1) is 9.13. The summed E-state index contributed by atoms with van der Waals surface area (Å²) in [7, 11) is 0. The van der Waals surface area contributed by atoms with Crippen LogP contribution in [0, 0.1) is 0 Å². The molecule has 0 saturated carbocycles. The van der Waals surface area contributed by atoms with Crippen LogP contribution in [0.3, 0.4) is 0 Å². The van der Waals surface area contributed by atoms with E-state index in [1.807, 2.05) is 17.0 Å². The Bertz CT molecular complexity index is 450. The number of halogens is 1. The summed E-state index contributed by atoms with van der Waals surface area (Å²) in [5.41, 5.74) is 1.18. The lowest BCUT2D eigenvalue weighted by Crippen LogP contribution is -2.39. The number of hydrogen-bond donors (Lipinski definition) is 1. The molecule has 4 heteroatoms. The number of nitrogens with zero attached hydrogens (tertiary/aromatic N) is 1. The lowest BCUT2D eigenvalue weighted by molar-refractivity contribution is -0.131. The molecule has 1 amide bonds. The lowest BCUT2D eigenvalue weighted by Gasteiger charge is -2.25. The maximum Gasteiger partial charge on any atom is 0.240 e. The molecule has 1 aliphatic heterocycles. The molecule has 1 aromatic carbocycles. The summed E-state index contributed by atoms with van der Waals surface area (Å²) in [6, 6.07) is 8.34. The second kappa shape index (κ2) is 6.53. The Morgan fingerprint density at radius 1 is 1.53 bits per heavy atom. The fourth-order valence-electron chi connectivity index (χ4n) is 2.54. The van der Waals surface area contributed by atoms with Crippen LogP contribution in [0.15, 0.2) is 28.7 Å². The summed E-state index contributed by atoms with van der Waals surface area (Å²) >= 11 is 3.48. The molecule has 1 aliphatic rings. The van der Waals surface area contributed by atoms with Crippen LogP contribution in [-0.4, -0.2) is 29.9 Å². The summed E-state index contributed by atoms with van der Waals surface area (Å²) in [5.74, 6) is 0.237. The highest BCUT2D eigenvalue weighted by molar-refractivity contribution is 9.10. The van der Waals surface area contributed by atoms with Gasteiger partial charge in [0.1, 0.15) is 0 Å². The number of nitrogens with one attached hydrogen (secondary N) is 1. The Labute approximate surface area is 123 Å². The summed E-state index contributed by atoms with van der Waals surface area (Å²) in [5, 5.41) is 3.33. The third kappa shape index (κ3) is 3.37. The van der Waals surface area contributed by atoms with Crippen LogP contribution in [-0.2, 0) is 4.79 Å². The van der Waals surface area contributed by atoms with Gasteiger partial charge in [-0.2, -0.15) is 0 Å². The van der Waals surface area contributed by atoms with Gasteiger partial charge in [-0.25, -0.2) is 0 Å². The van der Waals surface area contributed by atoms with E-state index in [4.69, 9.17) is 0 Å². The van der Waals surface area contributed by atoms with E-state index in [-0.39, 0.29) is 18.0 Å². The molecule has 1 saturated heterocycles. The molecule has 1 N–H and O–H groups in total. The molecule has 3 nitrogen and oxygen atoms in total. The minimum absolute atomic E-state index is 0.00885. The van der Waals surface area contributed by atoms with E-state index in [1.54, 1.807) is 0 Å². The second-order valence-corrected chi connectivity index (χ2v) is 5.97. The van der Waals surface area contributed by atoms with E-state index in [0.29, 0.717) is 0 Å². The molecule has 1 aromatic rings. The van der Waals surface area contributed by atoms with Crippen molar-refractivity contribution in [2.45, 2.75) is 38.8 Å². The van der Waals surface area contributed by atoms with Crippen molar-refractivity contribution in [2.24, 2.45) is 0 Å².